The van der Waals surface area contributed by atoms with Gasteiger partial charge in [-0.25, -0.2) is 0 Å². The van der Waals surface area contributed by atoms with Gasteiger partial charge >= 0.3 is 0 Å². The maximum Gasteiger partial charge on any atom is 0.161 e. The Hall–Kier alpha value is -1.27. The summed E-state index contributed by atoms with van der Waals surface area (Å²) in [6.07, 6.45) is 2.40. The first-order valence-electron chi connectivity index (χ1n) is 6.54. The summed E-state index contributed by atoms with van der Waals surface area (Å²) < 4.78 is 11.4. The van der Waals surface area contributed by atoms with E-state index in [1.165, 1.54) is 12.8 Å². The molecule has 6 heteroatoms. The average molecular weight is 343 g/mol. The molecular formula is C14H19BrN2O3. The van der Waals surface area contributed by atoms with Gasteiger partial charge in [0.25, 0.3) is 0 Å². The minimum absolute atomic E-state index is 0.619. The van der Waals surface area contributed by atoms with Crippen LogP contribution in [0.5, 0.6) is 11.5 Å². The summed E-state index contributed by atoms with van der Waals surface area (Å²) in [5.41, 5.74) is 1.44. The van der Waals surface area contributed by atoms with E-state index in [-0.39, 0.29) is 0 Å². The SMILES string of the molecule is COc1cc(Br)c(/C(CN2CCCC2)=N\O)cc1OC. The third kappa shape index (κ3) is 3.24. The van der Waals surface area contributed by atoms with Crippen molar-refractivity contribution in [1.82, 2.24) is 4.90 Å². The van der Waals surface area contributed by atoms with E-state index < -0.39 is 0 Å². The Balaban J connectivity index is 2.29. The molecule has 1 fully saturated rings. The van der Waals surface area contributed by atoms with Crippen molar-refractivity contribution in [2.24, 2.45) is 5.16 Å². The van der Waals surface area contributed by atoms with Crippen molar-refractivity contribution in [1.29, 1.82) is 0 Å². The van der Waals surface area contributed by atoms with E-state index in [9.17, 15) is 5.21 Å². The van der Waals surface area contributed by atoms with Crippen LogP contribution in [-0.2, 0) is 0 Å². The number of likely N-dealkylation sites (tertiary alicyclic amines) is 1. The van der Waals surface area contributed by atoms with Gasteiger partial charge in [-0.3, -0.25) is 4.90 Å². The Morgan fingerprint density at radius 1 is 1.25 bits per heavy atom. The number of ether oxygens (including phenoxy) is 2. The lowest BCUT2D eigenvalue weighted by atomic mass is 10.1. The average Bonchev–Trinajstić information content (AvgIpc) is 2.97. The molecule has 0 atom stereocenters. The smallest absolute Gasteiger partial charge is 0.161 e. The number of halogens is 1. The first-order valence-corrected chi connectivity index (χ1v) is 7.34. The van der Waals surface area contributed by atoms with Crippen LogP contribution in [0, 0.1) is 0 Å². The molecule has 0 aliphatic carbocycles. The number of hydrogen-bond acceptors (Lipinski definition) is 5. The lowest BCUT2D eigenvalue weighted by Crippen LogP contribution is -2.27. The summed E-state index contributed by atoms with van der Waals surface area (Å²) >= 11 is 3.50. The molecule has 0 bridgehead atoms. The van der Waals surface area contributed by atoms with Crippen molar-refractivity contribution in [3.63, 3.8) is 0 Å². The van der Waals surface area contributed by atoms with Gasteiger partial charge in [0.1, 0.15) is 5.71 Å². The highest BCUT2D eigenvalue weighted by Crippen LogP contribution is 2.33. The fourth-order valence-corrected chi connectivity index (χ4v) is 2.95. The second-order valence-electron chi connectivity index (χ2n) is 4.72. The Labute approximate surface area is 127 Å². The van der Waals surface area contributed by atoms with Crippen LogP contribution >= 0.6 is 15.9 Å². The van der Waals surface area contributed by atoms with Crippen molar-refractivity contribution in [2.75, 3.05) is 33.9 Å². The maximum atomic E-state index is 9.32. The molecule has 1 aromatic carbocycles. The van der Waals surface area contributed by atoms with E-state index in [0.717, 1.165) is 23.1 Å². The number of methoxy groups -OCH3 is 2. The highest BCUT2D eigenvalue weighted by molar-refractivity contribution is 9.10. The van der Waals surface area contributed by atoms with E-state index in [2.05, 4.69) is 26.0 Å². The van der Waals surface area contributed by atoms with Crippen LogP contribution in [-0.4, -0.2) is 49.7 Å². The molecule has 5 nitrogen and oxygen atoms in total. The van der Waals surface area contributed by atoms with Crippen molar-refractivity contribution in [2.45, 2.75) is 12.8 Å². The largest absolute Gasteiger partial charge is 0.493 e. The maximum absolute atomic E-state index is 9.32. The van der Waals surface area contributed by atoms with Gasteiger partial charge in [0.05, 0.1) is 14.2 Å². The Morgan fingerprint density at radius 3 is 2.40 bits per heavy atom. The van der Waals surface area contributed by atoms with Gasteiger partial charge < -0.3 is 14.7 Å². The number of nitrogens with zero attached hydrogens (tertiary/aromatic N) is 2. The summed E-state index contributed by atoms with van der Waals surface area (Å²) in [5.74, 6) is 1.26. The van der Waals surface area contributed by atoms with Gasteiger partial charge in [0.15, 0.2) is 11.5 Å². The number of benzene rings is 1. The summed E-state index contributed by atoms with van der Waals surface area (Å²) in [6, 6.07) is 3.65. The van der Waals surface area contributed by atoms with Crippen LogP contribution in [0.15, 0.2) is 21.8 Å². The zero-order valence-corrected chi connectivity index (χ0v) is 13.3. The monoisotopic (exact) mass is 342 g/mol. The molecule has 1 N–H and O–H groups in total. The van der Waals surface area contributed by atoms with Crippen molar-refractivity contribution in [3.8, 4) is 11.5 Å². The molecule has 0 aromatic heterocycles. The molecule has 1 aliphatic rings. The van der Waals surface area contributed by atoms with Gasteiger partial charge in [-0.1, -0.05) is 5.16 Å². The quantitative estimate of drug-likeness (QED) is 0.507. The normalized spacial score (nSPS) is 16.4. The summed E-state index contributed by atoms with van der Waals surface area (Å²) in [7, 11) is 3.18. The van der Waals surface area contributed by atoms with Crippen LogP contribution in [0.1, 0.15) is 18.4 Å². The van der Waals surface area contributed by atoms with E-state index in [4.69, 9.17) is 9.47 Å². The van der Waals surface area contributed by atoms with Crippen molar-refractivity contribution in [3.05, 3.63) is 22.2 Å². The first kappa shape index (κ1) is 15.1. The predicted octanol–water partition coefficient (Wildman–Crippen LogP) is 2.74. The Morgan fingerprint density at radius 2 is 1.85 bits per heavy atom. The summed E-state index contributed by atoms with van der Waals surface area (Å²) in [4.78, 5) is 2.28. The Kier molecular flexibility index (Phi) is 5.25. The molecule has 2 rings (SSSR count). The second kappa shape index (κ2) is 6.95. The number of hydrogen-bond donors (Lipinski definition) is 1. The van der Waals surface area contributed by atoms with Crippen molar-refractivity contribution >= 4 is 21.6 Å². The van der Waals surface area contributed by atoms with E-state index in [1.807, 2.05) is 12.1 Å². The zero-order valence-electron chi connectivity index (χ0n) is 11.7. The second-order valence-corrected chi connectivity index (χ2v) is 5.57. The molecule has 1 saturated heterocycles. The van der Waals surface area contributed by atoms with Gasteiger partial charge in [-0.2, -0.15) is 0 Å². The number of rotatable bonds is 5. The van der Waals surface area contributed by atoms with Crippen molar-refractivity contribution < 1.29 is 14.7 Å². The lowest BCUT2D eigenvalue weighted by molar-refractivity contribution is 0.311. The molecule has 20 heavy (non-hydrogen) atoms. The summed E-state index contributed by atoms with van der Waals surface area (Å²) in [6.45, 7) is 2.72. The topological polar surface area (TPSA) is 54.3 Å². The fraction of sp³-hybridized carbons (Fsp3) is 0.500. The van der Waals surface area contributed by atoms with Gasteiger partial charge in [0, 0.05) is 16.6 Å². The van der Waals surface area contributed by atoms with Crippen LogP contribution in [0.2, 0.25) is 0 Å². The van der Waals surface area contributed by atoms with Gasteiger partial charge in [-0.05, 0) is 54.0 Å². The molecule has 0 unspecified atom stereocenters. The fourth-order valence-electron chi connectivity index (χ4n) is 2.40. The molecule has 1 heterocycles. The van der Waals surface area contributed by atoms with Crippen LogP contribution in [0.4, 0.5) is 0 Å². The highest BCUT2D eigenvalue weighted by Gasteiger charge is 2.19. The molecule has 1 aromatic rings. The molecule has 110 valence electrons. The molecule has 0 radical (unpaired) electrons. The van der Waals surface area contributed by atoms with E-state index in [1.54, 1.807) is 14.2 Å². The highest BCUT2D eigenvalue weighted by atomic mass is 79.9. The van der Waals surface area contributed by atoms with Crippen LogP contribution < -0.4 is 9.47 Å². The van der Waals surface area contributed by atoms with Gasteiger partial charge in [-0.15, -0.1) is 0 Å². The minimum Gasteiger partial charge on any atom is -0.493 e. The van der Waals surface area contributed by atoms with Gasteiger partial charge in [0.2, 0.25) is 0 Å². The predicted molar refractivity (Wildman–Crippen MR) is 81.2 cm³/mol. The van der Waals surface area contributed by atoms with E-state index in [0.29, 0.717) is 23.8 Å². The van der Waals surface area contributed by atoms with E-state index >= 15 is 0 Å². The molecule has 0 saturated carbocycles. The molecule has 1 aliphatic heterocycles. The third-order valence-corrected chi connectivity index (χ3v) is 4.13. The van der Waals surface area contributed by atoms with Crippen LogP contribution in [0.3, 0.4) is 0 Å². The molecular weight excluding hydrogens is 324 g/mol. The van der Waals surface area contributed by atoms with Crippen LogP contribution in [0.25, 0.3) is 0 Å². The number of oxime groups is 1. The zero-order chi connectivity index (χ0) is 14.5. The lowest BCUT2D eigenvalue weighted by Gasteiger charge is -2.17. The third-order valence-electron chi connectivity index (χ3n) is 3.48. The molecule has 0 spiro atoms. The standard InChI is InChI=1S/C14H19BrN2O3/c1-19-13-7-10(11(15)8-14(13)20-2)12(16-18)9-17-5-3-4-6-17/h7-8,18H,3-6,9H2,1-2H3/b16-12-. The molecule has 0 amide bonds. The summed E-state index contributed by atoms with van der Waals surface area (Å²) in [5, 5.41) is 12.8. The minimum atomic E-state index is 0.619. The first-order chi connectivity index (χ1) is 9.69. The Bertz CT molecular complexity index is 499.